The fraction of sp³-hybridized carbons (Fsp3) is 0.294. The smallest absolute Gasteiger partial charge is 0.417 e. The lowest BCUT2D eigenvalue weighted by Crippen LogP contribution is -2.55. The molecule has 4 aromatic rings. The van der Waals surface area contributed by atoms with Gasteiger partial charge in [-0.2, -0.15) is 13.2 Å². The summed E-state index contributed by atoms with van der Waals surface area (Å²) >= 11 is 0. The summed E-state index contributed by atoms with van der Waals surface area (Å²) in [6.45, 7) is 4.97. The number of rotatable bonds is 8. The molecule has 0 radical (unpaired) electrons. The number of nitrogens with one attached hydrogen (secondary N) is 2. The second-order valence-electron chi connectivity index (χ2n) is 11.6. The van der Waals surface area contributed by atoms with E-state index in [1.165, 1.54) is 24.5 Å². The highest BCUT2D eigenvalue weighted by molar-refractivity contribution is 6.07. The van der Waals surface area contributed by atoms with Crippen molar-refractivity contribution in [2.75, 3.05) is 30.4 Å². The van der Waals surface area contributed by atoms with Gasteiger partial charge in [-0.15, -0.1) is 0 Å². The fourth-order valence-electron chi connectivity index (χ4n) is 5.52. The van der Waals surface area contributed by atoms with Gasteiger partial charge in [-0.05, 0) is 50.2 Å². The predicted octanol–water partition coefficient (Wildman–Crippen LogP) is 5.66. The Hall–Kier alpha value is -5.04. The van der Waals surface area contributed by atoms with Gasteiger partial charge in [0.1, 0.15) is 12.4 Å². The Morgan fingerprint density at radius 2 is 1.72 bits per heavy atom. The van der Waals surface area contributed by atoms with Crippen molar-refractivity contribution >= 4 is 23.3 Å². The van der Waals surface area contributed by atoms with Gasteiger partial charge in [-0.3, -0.25) is 24.3 Å². The first-order valence-electron chi connectivity index (χ1n) is 14.9. The molecular weight excluding hydrogens is 618 g/mol. The van der Waals surface area contributed by atoms with E-state index < -0.39 is 40.6 Å². The molecule has 0 bridgehead atoms. The quantitative estimate of drug-likeness (QED) is 0.187. The standard InChI is InChI=1S/C34H33F4N5O4/c1-20-17-43(18-21(2)42(20)3)30-13-28(35)25(11-29(30)41-33(46)26-16-40-31(44)12-27(26)34(36,37)38)24-9-23(14-39-15-24)10-32(45)47-19-22-7-5-4-6-8-22/h4-9,11-16,20-21H,10,17-19H2,1-3H3,(H,40,44)(H,41,46)/t20-,21+. The topological polar surface area (TPSA) is 108 Å². The van der Waals surface area contributed by atoms with Gasteiger partial charge in [0.25, 0.3) is 5.91 Å². The lowest BCUT2D eigenvalue weighted by atomic mass is 10.0. The highest BCUT2D eigenvalue weighted by atomic mass is 19.4. The van der Waals surface area contributed by atoms with Gasteiger partial charge in [0.2, 0.25) is 5.56 Å². The lowest BCUT2D eigenvalue weighted by molar-refractivity contribution is -0.144. The normalized spacial score (nSPS) is 17.0. The number of aromatic amines is 1. The van der Waals surface area contributed by atoms with E-state index in [-0.39, 0.29) is 47.6 Å². The molecule has 0 unspecified atom stereocenters. The van der Waals surface area contributed by atoms with Gasteiger partial charge >= 0.3 is 12.1 Å². The van der Waals surface area contributed by atoms with E-state index in [2.05, 4.69) is 20.2 Å². The number of carbonyl (C=O) groups is 2. The summed E-state index contributed by atoms with van der Waals surface area (Å²) < 4.78 is 62.6. The predicted molar refractivity (Wildman–Crippen MR) is 168 cm³/mol. The van der Waals surface area contributed by atoms with Crippen molar-refractivity contribution < 1.29 is 31.9 Å². The Morgan fingerprint density at radius 3 is 2.40 bits per heavy atom. The molecule has 1 saturated heterocycles. The number of hydrogen-bond acceptors (Lipinski definition) is 7. The van der Waals surface area contributed by atoms with Crippen LogP contribution in [0.3, 0.4) is 0 Å². The second kappa shape index (κ2) is 13.8. The number of esters is 1. The number of halogens is 4. The SMILES string of the molecule is C[C@@H]1CN(c2cc(F)c(-c3cncc(CC(=O)OCc4ccccc4)c3)cc2NC(=O)c2c[nH]c(=O)cc2C(F)(F)F)C[C@H](C)N1C. The number of nitrogens with zero attached hydrogens (tertiary/aromatic N) is 3. The number of amides is 1. The van der Waals surface area contributed by atoms with E-state index >= 15 is 4.39 Å². The number of piperazine rings is 1. The summed E-state index contributed by atoms with van der Waals surface area (Å²) in [5.74, 6) is -2.32. The van der Waals surface area contributed by atoms with E-state index in [0.29, 0.717) is 30.9 Å². The minimum Gasteiger partial charge on any atom is -0.461 e. The van der Waals surface area contributed by atoms with Crippen LogP contribution in [-0.4, -0.2) is 59.0 Å². The molecule has 0 spiro atoms. The monoisotopic (exact) mass is 651 g/mol. The molecule has 0 saturated carbocycles. The number of carbonyl (C=O) groups excluding carboxylic acids is 2. The number of anilines is 2. The van der Waals surface area contributed by atoms with E-state index in [9.17, 15) is 27.6 Å². The van der Waals surface area contributed by atoms with Crippen LogP contribution in [0.15, 0.2) is 78.0 Å². The summed E-state index contributed by atoms with van der Waals surface area (Å²) in [7, 11) is 1.96. The van der Waals surface area contributed by atoms with Gasteiger partial charge in [-0.1, -0.05) is 30.3 Å². The van der Waals surface area contributed by atoms with Crippen LogP contribution < -0.4 is 15.8 Å². The number of benzene rings is 2. The van der Waals surface area contributed by atoms with Gasteiger partial charge in [0, 0.05) is 61.0 Å². The molecule has 3 heterocycles. The van der Waals surface area contributed by atoms with Crippen LogP contribution in [0.1, 0.15) is 40.9 Å². The first-order valence-corrected chi connectivity index (χ1v) is 14.9. The largest absolute Gasteiger partial charge is 0.461 e. The summed E-state index contributed by atoms with van der Waals surface area (Å²) in [4.78, 5) is 47.9. The maximum absolute atomic E-state index is 15.9. The maximum Gasteiger partial charge on any atom is 0.417 e. The molecule has 1 amide bonds. The highest BCUT2D eigenvalue weighted by Crippen LogP contribution is 2.37. The third kappa shape index (κ3) is 7.86. The highest BCUT2D eigenvalue weighted by Gasteiger charge is 2.36. The van der Waals surface area contributed by atoms with Crippen LogP contribution in [0.25, 0.3) is 11.1 Å². The van der Waals surface area contributed by atoms with Crippen LogP contribution in [0.5, 0.6) is 0 Å². The third-order valence-corrected chi connectivity index (χ3v) is 8.21. The van der Waals surface area contributed by atoms with Crippen molar-refractivity contribution in [2.45, 2.75) is 45.1 Å². The molecule has 5 rings (SSSR count). The average Bonchev–Trinajstić information content (AvgIpc) is 3.03. The van der Waals surface area contributed by atoms with Crippen LogP contribution in [0.4, 0.5) is 28.9 Å². The second-order valence-corrected chi connectivity index (χ2v) is 11.6. The third-order valence-electron chi connectivity index (χ3n) is 8.21. The Kier molecular flexibility index (Phi) is 9.75. The van der Waals surface area contributed by atoms with Crippen LogP contribution >= 0.6 is 0 Å². The van der Waals surface area contributed by atoms with Crippen molar-refractivity contribution in [3.63, 3.8) is 0 Å². The van der Waals surface area contributed by atoms with Crippen LogP contribution in [-0.2, 0) is 28.7 Å². The summed E-state index contributed by atoms with van der Waals surface area (Å²) in [5.41, 5.74) is -1.35. The fourth-order valence-corrected chi connectivity index (χ4v) is 5.52. The molecule has 47 heavy (non-hydrogen) atoms. The molecule has 1 aliphatic rings. The van der Waals surface area contributed by atoms with Crippen molar-refractivity contribution in [1.29, 1.82) is 0 Å². The molecule has 2 atom stereocenters. The Morgan fingerprint density at radius 1 is 1.02 bits per heavy atom. The Labute approximate surface area is 268 Å². The van der Waals surface area contributed by atoms with Gasteiger partial charge < -0.3 is 19.9 Å². The first kappa shape index (κ1) is 33.3. The van der Waals surface area contributed by atoms with Gasteiger partial charge in [-0.25, -0.2) is 4.39 Å². The molecule has 246 valence electrons. The molecule has 1 aliphatic heterocycles. The Balaban J connectivity index is 1.49. The molecule has 0 aliphatic carbocycles. The van der Waals surface area contributed by atoms with Gasteiger partial charge in [0.05, 0.1) is 28.9 Å². The minimum absolute atomic E-state index is 0.00351. The van der Waals surface area contributed by atoms with Gasteiger partial charge in [0.15, 0.2) is 0 Å². The number of aromatic nitrogens is 2. The van der Waals surface area contributed by atoms with Crippen molar-refractivity contribution in [2.24, 2.45) is 0 Å². The number of ether oxygens (including phenoxy) is 1. The summed E-state index contributed by atoms with van der Waals surface area (Å²) in [6, 6.07) is 13.7. The van der Waals surface area contributed by atoms with E-state index in [4.69, 9.17) is 4.74 Å². The minimum atomic E-state index is -4.98. The van der Waals surface area contributed by atoms with E-state index in [0.717, 1.165) is 5.56 Å². The zero-order valence-corrected chi connectivity index (χ0v) is 25.9. The molecule has 1 fully saturated rings. The summed E-state index contributed by atoms with van der Waals surface area (Å²) in [6.07, 6.45) is -1.58. The number of hydrogen-bond donors (Lipinski definition) is 2. The van der Waals surface area contributed by atoms with E-state index in [1.807, 2.05) is 56.1 Å². The average molecular weight is 652 g/mol. The molecule has 2 N–H and O–H groups in total. The number of likely N-dealkylation sites (N-methyl/N-ethyl adjacent to an activating group) is 1. The zero-order valence-electron chi connectivity index (χ0n) is 25.9. The first-order chi connectivity index (χ1) is 22.3. The molecule has 13 heteroatoms. The molecular formula is C34H33F4N5O4. The molecule has 2 aromatic heterocycles. The van der Waals surface area contributed by atoms with Crippen molar-refractivity contribution in [3.05, 3.63) is 112 Å². The maximum atomic E-state index is 15.9. The molecule has 2 aromatic carbocycles. The number of alkyl halides is 3. The summed E-state index contributed by atoms with van der Waals surface area (Å²) in [5, 5.41) is 2.54. The lowest BCUT2D eigenvalue weighted by Gasteiger charge is -2.44. The molecule has 9 nitrogen and oxygen atoms in total. The van der Waals surface area contributed by atoms with Crippen LogP contribution in [0.2, 0.25) is 0 Å². The van der Waals surface area contributed by atoms with Crippen molar-refractivity contribution in [1.82, 2.24) is 14.9 Å². The van der Waals surface area contributed by atoms with Crippen LogP contribution in [0, 0.1) is 5.82 Å². The zero-order chi connectivity index (χ0) is 33.9. The Bertz CT molecular complexity index is 1820. The van der Waals surface area contributed by atoms with E-state index in [1.54, 1.807) is 6.07 Å². The number of pyridine rings is 2. The van der Waals surface area contributed by atoms with Crippen molar-refractivity contribution in [3.8, 4) is 11.1 Å². The number of H-pyrrole nitrogens is 1.